The van der Waals surface area contributed by atoms with Crippen molar-refractivity contribution in [2.24, 2.45) is 0 Å². The molecule has 0 N–H and O–H groups in total. The molecular weight excluding hydrogens is 397 g/mol. The number of carbonyl (C=O) groups excluding carboxylic acids is 2. The molecule has 0 saturated carbocycles. The number of hydrogen-bond acceptors (Lipinski definition) is 6. The van der Waals surface area contributed by atoms with E-state index in [1.165, 1.54) is 27.9 Å². The van der Waals surface area contributed by atoms with Gasteiger partial charge in [-0.2, -0.15) is 0 Å². The number of halogens is 1. The predicted octanol–water partition coefficient (Wildman–Crippen LogP) is 2.74. The van der Waals surface area contributed by atoms with Gasteiger partial charge in [0, 0.05) is 13.6 Å². The molecule has 0 atom stereocenters. The Morgan fingerprint density at radius 1 is 1.28 bits per heavy atom. The molecule has 29 heavy (non-hydrogen) atoms. The lowest BCUT2D eigenvalue weighted by molar-refractivity contribution is -0.131. The van der Waals surface area contributed by atoms with Crippen LogP contribution < -0.4 is 5.56 Å². The number of rotatable bonds is 6. The zero-order valence-electron chi connectivity index (χ0n) is 16.3. The number of ether oxygens (including phenoxy) is 1. The Kier molecular flexibility index (Phi) is 6.07. The molecule has 2 aromatic heterocycles. The molecule has 0 aliphatic rings. The van der Waals surface area contributed by atoms with Gasteiger partial charge in [-0.15, -0.1) is 11.3 Å². The molecule has 3 aromatic rings. The standard InChI is InChI=1S/C20H20FN3O4S/c1-4-28-20(27)17-12(2)16-18(29-17)22-11-24(19(16)26)10-15(25)23(3)9-13-5-7-14(21)8-6-13/h5-8,11H,4,9-10H2,1-3H3. The minimum atomic E-state index is -0.492. The fourth-order valence-electron chi connectivity index (χ4n) is 2.88. The van der Waals surface area contributed by atoms with Gasteiger partial charge in [-0.05, 0) is 37.1 Å². The highest BCUT2D eigenvalue weighted by Crippen LogP contribution is 2.27. The van der Waals surface area contributed by atoms with E-state index in [1.54, 1.807) is 33.0 Å². The van der Waals surface area contributed by atoms with Crippen molar-refractivity contribution in [1.29, 1.82) is 0 Å². The quantitative estimate of drug-likeness (QED) is 0.576. The van der Waals surface area contributed by atoms with Gasteiger partial charge < -0.3 is 9.64 Å². The molecule has 0 unspecified atom stereocenters. The van der Waals surface area contributed by atoms with Gasteiger partial charge in [-0.1, -0.05) is 12.1 Å². The largest absolute Gasteiger partial charge is 0.462 e. The number of likely N-dealkylation sites (N-methyl/N-ethyl adjacent to an activating group) is 1. The van der Waals surface area contributed by atoms with Gasteiger partial charge in [0.1, 0.15) is 22.1 Å². The van der Waals surface area contributed by atoms with Crippen LogP contribution in [0.3, 0.4) is 0 Å². The van der Waals surface area contributed by atoms with Gasteiger partial charge in [-0.25, -0.2) is 14.2 Å². The van der Waals surface area contributed by atoms with E-state index in [0.29, 0.717) is 20.7 Å². The number of benzene rings is 1. The molecule has 3 rings (SSSR count). The van der Waals surface area contributed by atoms with Gasteiger partial charge >= 0.3 is 5.97 Å². The molecule has 0 fully saturated rings. The summed E-state index contributed by atoms with van der Waals surface area (Å²) in [6.07, 6.45) is 1.30. The number of fused-ring (bicyclic) bond motifs is 1. The maximum atomic E-state index is 13.0. The molecule has 0 spiro atoms. The van der Waals surface area contributed by atoms with Crippen molar-refractivity contribution in [3.63, 3.8) is 0 Å². The van der Waals surface area contributed by atoms with E-state index in [9.17, 15) is 18.8 Å². The molecule has 0 aliphatic heterocycles. The van der Waals surface area contributed by atoms with Gasteiger partial charge in [0.25, 0.3) is 5.56 Å². The van der Waals surface area contributed by atoms with E-state index in [0.717, 1.165) is 16.9 Å². The Morgan fingerprint density at radius 2 is 1.97 bits per heavy atom. The lowest BCUT2D eigenvalue weighted by atomic mass is 10.2. The van der Waals surface area contributed by atoms with Crippen molar-refractivity contribution in [3.8, 4) is 0 Å². The summed E-state index contributed by atoms with van der Waals surface area (Å²) in [6.45, 7) is 3.71. The second-order valence-electron chi connectivity index (χ2n) is 6.51. The second kappa shape index (κ2) is 8.52. The van der Waals surface area contributed by atoms with Crippen LogP contribution in [0.4, 0.5) is 4.39 Å². The van der Waals surface area contributed by atoms with Crippen molar-refractivity contribution >= 4 is 33.4 Å². The molecule has 9 heteroatoms. The lowest BCUT2D eigenvalue weighted by Crippen LogP contribution is -2.33. The van der Waals surface area contributed by atoms with Crippen LogP contribution in [0.15, 0.2) is 35.4 Å². The van der Waals surface area contributed by atoms with E-state index in [2.05, 4.69) is 4.98 Å². The highest BCUT2D eigenvalue weighted by atomic mass is 32.1. The van der Waals surface area contributed by atoms with Crippen molar-refractivity contribution in [1.82, 2.24) is 14.5 Å². The second-order valence-corrected chi connectivity index (χ2v) is 7.51. The molecule has 1 amide bonds. The third kappa shape index (κ3) is 4.34. The summed E-state index contributed by atoms with van der Waals surface area (Å²) in [6, 6.07) is 5.86. The average Bonchev–Trinajstić information content (AvgIpc) is 3.03. The lowest BCUT2D eigenvalue weighted by Gasteiger charge is -2.18. The smallest absolute Gasteiger partial charge is 0.348 e. The number of aryl methyl sites for hydroxylation is 1. The third-order valence-electron chi connectivity index (χ3n) is 4.44. The normalized spacial score (nSPS) is 10.9. The van der Waals surface area contributed by atoms with Gasteiger partial charge in [-0.3, -0.25) is 14.2 Å². The zero-order valence-corrected chi connectivity index (χ0v) is 17.1. The summed E-state index contributed by atoms with van der Waals surface area (Å²) >= 11 is 1.10. The SMILES string of the molecule is CCOC(=O)c1sc2ncn(CC(=O)N(C)Cc3ccc(F)cc3)c(=O)c2c1C. The van der Waals surface area contributed by atoms with Crippen LogP contribution in [0.1, 0.15) is 27.7 Å². The number of esters is 1. The molecule has 0 aliphatic carbocycles. The number of hydrogen-bond donors (Lipinski definition) is 0. The van der Waals surface area contributed by atoms with E-state index < -0.39 is 5.97 Å². The number of carbonyl (C=O) groups is 2. The number of thiophene rings is 1. The maximum Gasteiger partial charge on any atom is 0.348 e. The Labute approximate surface area is 170 Å². The average molecular weight is 417 g/mol. The van der Waals surface area contributed by atoms with Crippen LogP contribution in [-0.4, -0.2) is 40.0 Å². The Bertz CT molecular complexity index is 1120. The first-order chi connectivity index (χ1) is 13.8. The first kappa shape index (κ1) is 20.7. The minimum absolute atomic E-state index is 0.191. The Hall–Kier alpha value is -3.07. The Morgan fingerprint density at radius 3 is 2.62 bits per heavy atom. The molecule has 1 aromatic carbocycles. The van der Waals surface area contributed by atoms with E-state index in [1.807, 2.05) is 0 Å². The highest BCUT2D eigenvalue weighted by molar-refractivity contribution is 7.20. The van der Waals surface area contributed by atoms with Crippen molar-refractivity contribution < 1.29 is 18.7 Å². The summed E-state index contributed by atoms with van der Waals surface area (Å²) in [5.74, 6) is -1.13. The van der Waals surface area contributed by atoms with Crippen molar-refractivity contribution in [3.05, 3.63) is 62.8 Å². The molecule has 2 heterocycles. The summed E-state index contributed by atoms with van der Waals surface area (Å²) in [4.78, 5) is 43.9. The number of amides is 1. The summed E-state index contributed by atoms with van der Waals surface area (Å²) in [5, 5.41) is 0.314. The summed E-state index contributed by atoms with van der Waals surface area (Å²) in [7, 11) is 1.61. The molecule has 7 nitrogen and oxygen atoms in total. The van der Waals surface area contributed by atoms with Crippen molar-refractivity contribution in [2.45, 2.75) is 26.9 Å². The fourth-order valence-corrected chi connectivity index (χ4v) is 3.91. The highest BCUT2D eigenvalue weighted by Gasteiger charge is 2.21. The molecule has 152 valence electrons. The third-order valence-corrected chi connectivity index (χ3v) is 5.62. The monoisotopic (exact) mass is 417 g/mol. The van der Waals surface area contributed by atoms with Gasteiger partial charge in [0.2, 0.25) is 5.91 Å². The van der Waals surface area contributed by atoms with Crippen LogP contribution in [0.2, 0.25) is 0 Å². The minimum Gasteiger partial charge on any atom is -0.462 e. The summed E-state index contributed by atoms with van der Waals surface area (Å²) < 4.78 is 19.3. The molecule has 0 bridgehead atoms. The van der Waals surface area contributed by atoms with Crippen LogP contribution in [0.5, 0.6) is 0 Å². The summed E-state index contributed by atoms with van der Waals surface area (Å²) in [5.41, 5.74) is 0.890. The van der Waals surface area contributed by atoms with Gasteiger partial charge in [0.05, 0.1) is 18.3 Å². The fraction of sp³-hybridized carbons (Fsp3) is 0.300. The zero-order chi connectivity index (χ0) is 21.1. The predicted molar refractivity (Wildman–Crippen MR) is 107 cm³/mol. The topological polar surface area (TPSA) is 81.5 Å². The van der Waals surface area contributed by atoms with E-state index in [-0.39, 0.29) is 37.0 Å². The molecular formula is C20H20FN3O4S. The van der Waals surface area contributed by atoms with E-state index in [4.69, 9.17) is 4.74 Å². The van der Waals surface area contributed by atoms with Crippen LogP contribution in [0.25, 0.3) is 10.2 Å². The van der Waals surface area contributed by atoms with Crippen LogP contribution in [0, 0.1) is 12.7 Å². The number of nitrogens with zero attached hydrogens (tertiary/aromatic N) is 3. The molecule has 0 radical (unpaired) electrons. The maximum absolute atomic E-state index is 13.0. The molecule has 0 saturated heterocycles. The first-order valence-electron chi connectivity index (χ1n) is 8.95. The first-order valence-corrected chi connectivity index (χ1v) is 9.77. The van der Waals surface area contributed by atoms with Crippen LogP contribution in [-0.2, 0) is 22.6 Å². The van der Waals surface area contributed by atoms with E-state index >= 15 is 0 Å². The van der Waals surface area contributed by atoms with Crippen LogP contribution >= 0.6 is 11.3 Å². The Balaban J connectivity index is 1.82. The van der Waals surface area contributed by atoms with Crippen molar-refractivity contribution in [2.75, 3.05) is 13.7 Å². The van der Waals surface area contributed by atoms with Gasteiger partial charge in [0.15, 0.2) is 0 Å². The number of aromatic nitrogens is 2.